The maximum absolute atomic E-state index is 10.3. The van der Waals surface area contributed by atoms with E-state index in [1.807, 2.05) is 6.92 Å². The van der Waals surface area contributed by atoms with Gasteiger partial charge in [0.25, 0.3) is 0 Å². The van der Waals surface area contributed by atoms with E-state index < -0.39 is 18.0 Å². The van der Waals surface area contributed by atoms with Crippen LogP contribution in [0.1, 0.15) is 33.1 Å². The molecule has 0 aliphatic carbocycles. The van der Waals surface area contributed by atoms with Gasteiger partial charge >= 0.3 is 5.97 Å². The molecular weight excluding hydrogens is 144 g/mol. The second kappa shape index (κ2) is 5.13. The SMILES string of the molecule is CCCC(O)CC(C)C(=O)O. The Hall–Kier alpha value is -0.570. The summed E-state index contributed by atoms with van der Waals surface area (Å²) < 4.78 is 0. The van der Waals surface area contributed by atoms with Crippen LogP contribution in [0.15, 0.2) is 0 Å². The van der Waals surface area contributed by atoms with Crippen LogP contribution in [0.3, 0.4) is 0 Å². The van der Waals surface area contributed by atoms with Gasteiger partial charge in [-0.3, -0.25) is 4.79 Å². The molecule has 0 spiro atoms. The summed E-state index contributed by atoms with van der Waals surface area (Å²) in [6, 6.07) is 0. The van der Waals surface area contributed by atoms with Crippen LogP contribution in [0, 0.1) is 5.92 Å². The molecule has 3 nitrogen and oxygen atoms in total. The van der Waals surface area contributed by atoms with Gasteiger partial charge in [-0.05, 0) is 12.8 Å². The molecule has 0 fully saturated rings. The number of aliphatic carboxylic acids is 1. The quantitative estimate of drug-likeness (QED) is 0.636. The third-order valence-corrected chi connectivity index (χ3v) is 1.67. The molecule has 0 aliphatic rings. The molecule has 0 aromatic heterocycles. The first kappa shape index (κ1) is 10.4. The fourth-order valence-corrected chi connectivity index (χ4v) is 0.960. The minimum absolute atomic E-state index is 0.364. The number of aliphatic hydroxyl groups excluding tert-OH is 1. The van der Waals surface area contributed by atoms with Crippen molar-refractivity contribution >= 4 is 5.97 Å². The monoisotopic (exact) mass is 160 g/mol. The first-order valence-corrected chi connectivity index (χ1v) is 3.98. The van der Waals surface area contributed by atoms with E-state index in [1.54, 1.807) is 6.92 Å². The standard InChI is InChI=1S/C8H16O3/c1-3-4-7(9)5-6(2)8(10)11/h6-7,9H,3-5H2,1-2H3,(H,10,11). The minimum Gasteiger partial charge on any atom is -0.481 e. The van der Waals surface area contributed by atoms with E-state index in [4.69, 9.17) is 5.11 Å². The maximum Gasteiger partial charge on any atom is 0.306 e. The summed E-state index contributed by atoms with van der Waals surface area (Å²) in [5.41, 5.74) is 0. The third-order valence-electron chi connectivity index (χ3n) is 1.67. The van der Waals surface area contributed by atoms with Gasteiger partial charge in [0.05, 0.1) is 12.0 Å². The van der Waals surface area contributed by atoms with Crippen molar-refractivity contribution in [2.24, 2.45) is 5.92 Å². The Labute approximate surface area is 67.0 Å². The molecule has 0 aliphatic heterocycles. The van der Waals surface area contributed by atoms with Crippen molar-refractivity contribution in [3.05, 3.63) is 0 Å². The Kier molecular flexibility index (Phi) is 4.86. The van der Waals surface area contributed by atoms with E-state index in [9.17, 15) is 9.90 Å². The normalized spacial score (nSPS) is 15.9. The highest BCUT2D eigenvalue weighted by Crippen LogP contribution is 2.09. The van der Waals surface area contributed by atoms with Crippen molar-refractivity contribution < 1.29 is 15.0 Å². The topological polar surface area (TPSA) is 57.5 Å². The van der Waals surface area contributed by atoms with Crippen LogP contribution in [-0.4, -0.2) is 22.3 Å². The maximum atomic E-state index is 10.3. The Morgan fingerprint density at radius 3 is 2.45 bits per heavy atom. The molecule has 0 heterocycles. The van der Waals surface area contributed by atoms with Gasteiger partial charge in [-0.25, -0.2) is 0 Å². The first-order chi connectivity index (χ1) is 5.07. The lowest BCUT2D eigenvalue weighted by Gasteiger charge is -2.11. The van der Waals surface area contributed by atoms with Crippen molar-refractivity contribution in [3.8, 4) is 0 Å². The lowest BCUT2D eigenvalue weighted by molar-refractivity contribution is -0.142. The van der Waals surface area contributed by atoms with Gasteiger partial charge in [0.15, 0.2) is 0 Å². The number of rotatable bonds is 5. The lowest BCUT2D eigenvalue weighted by atomic mass is 10.0. The van der Waals surface area contributed by atoms with Crippen molar-refractivity contribution in [1.29, 1.82) is 0 Å². The number of hydrogen-bond donors (Lipinski definition) is 2. The fourth-order valence-electron chi connectivity index (χ4n) is 0.960. The van der Waals surface area contributed by atoms with E-state index in [0.29, 0.717) is 12.8 Å². The van der Waals surface area contributed by atoms with Crippen LogP contribution in [0.5, 0.6) is 0 Å². The first-order valence-electron chi connectivity index (χ1n) is 3.98. The van der Waals surface area contributed by atoms with Crippen LogP contribution in [0.25, 0.3) is 0 Å². The predicted octanol–water partition coefficient (Wildman–Crippen LogP) is 1.26. The van der Waals surface area contributed by atoms with E-state index >= 15 is 0 Å². The number of carbonyl (C=O) groups is 1. The van der Waals surface area contributed by atoms with Crippen LogP contribution < -0.4 is 0 Å². The second-order valence-corrected chi connectivity index (χ2v) is 2.92. The molecule has 0 radical (unpaired) electrons. The molecule has 0 aromatic rings. The molecular formula is C8H16O3. The smallest absolute Gasteiger partial charge is 0.306 e. The molecule has 0 amide bonds. The molecule has 0 saturated heterocycles. The highest BCUT2D eigenvalue weighted by atomic mass is 16.4. The fraction of sp³-hybridized carbons (Fsp3) is 0.875. The summed E-state index contributed by atoms with van der Waals surface area (Å²) in [5, 5.41) is 17.7. The van der Waals surface area contributed by atoms with Gasteiger partial charge < -0.3 is 10.2 Å². The van der Waals surface area contributed by atoms with Gasteiger partial charge in [-0.15, -0.1) is 0 Å². The summed E-state index contributed by atoms with van der Waals surface area (Å²) in [5.74, 6) is -1.27. The number of hydrogen-bond acceptors (Lipinski definition) is 2. The van der Waals surface area contributed by atoms with E-state index in [2.05, 4.69) is 0 Å². The molecule has 2 unspecified atom stereocenters. The van der Waals surface area contributed by atoms with Gasteiger partial charge in [-0.1, -0.05) is 20.3 Å². The Morgan fingerprint density at radius 2 is 2.09 bits per heavy atom. The van der Waals surface area contributed by atoms with Crippen LogP contribution in [-0.2, 0) is 4.79 Å². The molecule has 3 heteroatoms. The van der Waals surface area contributed by atoms with Crippen molar-refractivity contribution in [1.82, 2.24) is 0 Å². The van der Waals surface area contributed by atoms with Crippen molar-refractivity contribution in [2.45, 2.75) is 39.2 Å². The number of carboxylic acids is 1. The summed E-state index contributed by atoms with van der Waals surface area (Å²) in [4.78, 5) is 10.3. The van der Waals surface area contributed by atoms with Crippen LogP contribution in [0.4, 0.5) is 0 Å². The summed E-state index contributed by atoms with van der Waals surface area (Å²) >= 11 is 0. The molecule has 66 valence electrons. The molecule has 11 heavy (non-hydrogen) atoms. The second-order valence-electron chi connectivity index (χ2n) is 2.92. The minimum atomic E-state index is -0.833. The summed E-state index contributed by atoms with van der Waals surface area (Å²) in [6.07, 6.45) is 1.50. The summed E-state index contributed by atoms with van der Waals surface area (Å²) in [7, 11) is 0. The lowest BCUT2D eigenvalue weighted by Crippen LogP contribution is -2.17. The van der Waals surface area contributed by atoms with Crippen LogP contribution >= 0.6 is 0 Å². The summed E-state index contributed by atoms with van der Waals surface area (Å²) in [6.45, 7) is 3.58. The van der Waals surface area contributed by atoms with Gasteiger partial charge in [-0.2, -0.15) is 0 Å². The number of aliphatic hydroxyl groups is 1. The zero-order valence-electron chi connectivity index (χ0n) is 7.08. The van der Waals surface area contributed by atoms with E-state index in [1.165, 1.54) is 0 Å². The van der Waals surface area contributed by atoms with Gasteiger partial charge in [0.2, 0.25) is 0 Å². The van der Waals surface area contributed by atoms with Crippen LogP contribution in [0.2, 0.25) is 0 Å². The Morgan fingerprint density at radius 1 is 1.55 bits per heavy atom. The van der Waals surface area contributed by atoms with Gasteiger partial charge in [0.1, 0.15) is 0 Å². The zero-order chi connectivity index (χ0) is 8.85. The third kappa shape index (κ3) is 4.79. The Bertz CT molecular complexity index is 123. The molecule has 2 atom stereocenters. The molecule has 0 bridgehead atoms. The molecule has 0 saturated carbocycles. The highest BCUT2D eigenvalue weighted by Gasteiger charge is 2.15. The zero-order valence-corrected chi connectivity index (χ0v) is 7.08. The largest absolute Gasteiger partial charge is 0.481 e. The van der Waals surface area contributed by atoms with E-state index in [-0.39, 0.29) is 0 Å². The molecule has 0 aromatic carbocycles. The predicted molar refractivity (Wildman–Crippen MR) is 42.3 cm³/mol. The average molecular weight is 160 g/mol. The average Bonchev–Trinajstić information content (AvgIpc) is 1.87. The van der Waals surface area contributed by atoms with Gasteiger partial charge in [0, 0.05) is 0 Å². The Balaban J connectivity index is 3.56. The number of carboxylic acid groups (broad SMARTS) is 1. The molecule has 0 rings (SSSR count). The van der Waals surface area contributed by atoms with E-state index in [0.717, 1.165) is 6.42 Å². The van der Waals surface area contributed by atoms with Crippen molar-refractivity contribution in [3.63, 3.8) is 0 Å². The highest BCUT2D eigenvalue weighted by molar-refractivity contribution is 5.69. The van der Waals surface area contributed by atoms with Crippen molar-refractivity contribution in [2.75, 3.05) is 0 Å². The molecule has 2 N–H and O–H groups in total.